The van der Waals surface area contributed by atoms with Crippen molar-refractivity contribution in [2.24, 2.45) is 17.6 Å². The highest BCUT2D eigenvalue weighted by Gasteiger charge is 2.39. The number of halogens is 7. The number of unbranched alkanes of at least 4 members (excludes halogenated alkanes) is 1. The Balaban J connectivity index is 0.000000287. The van der Waals surface area contributed by atoms with E-state index in [0.29, 0.717) is 67.5 Å². The number of rotatable bonds is 12. The average Bonchev–Trinajstić information content (AvgIpc) is 3.23. The van der Waals surface area contributed by atoms with E-state index in [0.717, 1.165) is 56.9 Å². The van der Waals surface area contributed by atoms with Gasteiger partial charge in [0.25, 0.3) is 0 Å². The van der Waals surface area contributed by atoms with E-state index in [1.807, 2.05) is 6.07 Å². The predicted molar refractivity (Wildman–Crippen MR) is 230 cm³/mol. The molecular formula is C47H58ClF6NO7. The van der Waals surface area contributed by atoms with Crippen LogP contribution in [0.25, 0.3) is 21.5 Å². The number of carbonyl (C=O) groups excluding carboxylic acids is 3. The number of aryl methyl sites for hydroxylation is 1. The molecule has 0 radical (unpaired) electrons. The number of esters is 2. The Hall–Kier alpha value is -4.56. The third-order valence-electron chi connectivity index (χ3n) is 11.3. The molecular weight excluding hydrogens is 840 g/mol. The largest absolute Gasteiger partial charge is 0.490 e. The SMILES string of the molecule is CC1CCC(Oc2ccc3c(C=O)cccc3c2C(F)(F)F)CC1.COC(=O)CCCCc1cccc2c(C(F)(F)F)c(OC3CCC(C)CC3)ccc12.COC(=O)CCN.Cl. The molecule has 4 aromatic carbocycles. The molecule has 2 aliphatic rings. The lowest BCUT2D eigenvalue weighted by atomic mass is 9.89. The van der Waals surface area contributed by atoms with Crippen molar-refractivity contribution in [1.82, 2.24) is 0 Å². The maximum Gasteiger partial charge on any atom is 0.420 e. The van der Waals surface area contributed by atoms with E-state index in [4.69, 9.17) is 15.2 Å². The average molecular weight is 898 g/mol. The Morgan fingerprint density at radius 1 is 0.629 bits per heavy atom. The van der Waals surface area contributed by atoms with Gasteiger partial charge in [-0.2, -0.15) is 26.3 Å². The van der Waals surface area contributed by atoms with Gasteiger partial charge in [-0.05, 0) is 128 Å². The minimum absolute atomic E-state index is 0. The van der Waals surface area contributed by atoms with Gasteiger partial charge >= 0.3 is 24.3 Å². The lowest BCUT2D eigenvalue weighted by molar-refractivity contribution is -0.141. The molecule has 0 unspecified atom stereocenters. The summed E-state index contributed by atoms with van der Waals surface area (Å²) in [6.07, 6.45) is 0.762. The van der Waals surface area contributed by atoms with Crippen molar-refractivity contribution in [2.75, 3.05) is 20.8 Å². The summed E-state index contributed by atoms with van der Waals surface area (Å²) in [5.41, 5.74) is 4.62. The van der Waals surface area contributed by atoms with E-state index in [2.05, 4.69) is 23.3 Å². The zero-order chi connectivity index (χ0) is 44.7. The number of ether oxygens (including phenoxy) is 4. The van der Waals surface area contributed by atoms with Gasteiger partial charge in [0, 0.05) is 18.5 Å². The van der Waals surface area contributed by atoms with Gasteiger partial charge in [-0.25, -0.2) is 0 Å². The molecule has 0 amide bonds. The summed E-state index contributed by atoms with van der Waals surface area (Å²) in [7, 11) is 2.69. The Labute approximate surface area is 365 Å². The van der Waals surface area contributed by atoms with Crippen molar-refractivity contribution in [2.45, 2.75) is 122 Å². The van der Waals surface area contributed by atoms with Crippen LogP contribution >= 0.6 is 12.4 Å². The van der Waals surface area contributed by atoms with E-state index < -0.39 is 23.5 Å². The van der Waals surface area contributed by atoms with Crippen LogP contribution in [0.15, 0.2) is 60.7 Å². The molecule has 0 atom stereocenters. The molecule has 0 heterocycles. The van der Waals surface area contributed by atoms with Gasteiger partial charge in [-0.3, -0.25) is 14.4 Å². The van der Waals surface area contributed by atoms with Gasteiger partial charge in [0.2, 0.25) is 0 Å². The third kappa shape index (κ3) is 14.8. The molecule has 0 spiro atoms. The Morgan fingerprint density at radius 3 is 1.52 bits per heavy atom. The van der Waals surface area contributed by atoms with E-state index >= 15 is 0 Å². The number of alkyl halides is 6. The van der Waals surface area contributed by atoms with Gasteiger partial charge in [0.05, 0.1) is 32.8 Å². The van der Waals surface area contributed by atoms with Crippen LogP contribution in [0.2, 0.25) is 0 Å². The topological polar surface area (TPSA) is 114 Å². The van der Waals surface area contributed by atoms with E-state index in [1.54, 1.807) is 12.1 Å². The fourth-order valence-corrected chi connectivity index (χ4v) is 7.83. The molecule has 0 aliphatic heterocycles. The van der Waals surface area contributed by atoms with Crippen LogP contribution in [0.3, 0.4) is 0 Å². The Morgan fingerprint density at radius 2 is 1.08 bits per heavy atom. The van der Waals surface area contributed by atoms with E-state index in [9.17, 15) is 40.7 Å². The van der Waals surface area contributed by atoms with Gasteiger partial charge in [0.1, 0.15) is 22.6 Å². The summed E-state index contributed by atoms with van der Waals surface area (Å²) in [4.78, 5) is 32.5. The standard InChI is InChI=1S/C24H29F3O3.C19H19F3O2.C4H9NO2.ClH/c1-16-10-12-18(13-11-16)30-21-15-14-19-17(6-3-4-9-22(28)29-2)7-5-8-20(19)23(21)24(25,26)27;1-12-5-7-14(8-6-12)24-17-10-9-15-13(11-23)3-2-4-16(15)18(17)19(20,21)22;1-7-4(6)2-3-5;/h5,7-8,14-16,18H,3-4,6,9-13H2,1-2H3;2-4,9-12,14H,5-8H2,1H3;2-3,5H2,1H3;1H. The molecule has 2 aliphatic carbocycles. The first-order valence-corrected chi connectivity index (χ1v) is 20.9. The van der Waals surface area contributed by atoms with Crippen LogP contribution in [-0.2, 0) is 37.8 Å². The molecule has 2 saturated carbocycles. The van der Waals surface area contributed by atoms with Gasteiger partial charge in [-0.15, -0.1) is 12.4 Å². The number of aldehydes is 1. The van der Waals surface area contributed by atoms with Gasteiger partial charge < -0.3 is 24.7 Å². The van der Waals surface area contributed by atoms with E-state index in [-0.39, 0.29) is 64.4 Å². The second-order valence-corrected chi connectivity index (χ2v) is 15.8. The summed E-state index contributed by atoms with van der Waals surface area (Å²) >= 11 is 0. The zero-order valence-corrected chi connectivity index (χ0v) is 36.5. The second kappa shape index (κ2) is 24.3. The molecule has 6 rings (SSSR count). The maximum atomic E-state index is 14.0. The fraction of sp³-hybridized carbons (Fsp3) is 0.511. The first-order chi connectivity index (χ1) is 29.0. The molecule has 2 N–H and O–H groups in total. The van der Waals surface area contributed by atoms with Crippen molar-refractivity contribution < 1.29 is 59.7 Å². The molecule has 15 heteroatoms. The van der Waals surface area contributed by atoms with Gasteiger partial charge in [-0.1, -0.05) is 56.3 Å². The molecule has 342 valence electrons. The smallest absolute Gasteiger partial charge is 0.420 e. The summed E-state index contributed by atoms with van der Waals surface area (Å²) in [6.45, 7) is 4.68. The first kappa shape index (κ1) is 51.8. The number of carbonyl (C=O) groups is 3. The molecule has 4 aromatic rings. The Bertz CT molecular complexity index is 2060. The van der Waals surface area contributed by atoms with Crippen LogP contribution < -0.4 is 15.2 Å². The first-order valence-electron chi connectivity index (χ1n) is 20.9. The number of methoxy groups -OCH3 is 2. The summed E-state index contributed by atoms with van der Waals surface area (Å²) in [5, 5.41) is 1.07. The van der Waals surface area contributed by atoms with Crippen molar-refractivity contribution in [1.29, 1.82) is 0 Å². The van der Waals surface area contributed by atoms with Crippen molar-refractivity contribution >= 4 is 52.2 Å². The molecule has 0 aromatic heterocycles. The van der Waals surface area contributed by atoms with Crippen molar-refractivity contribution in [3.8, 4) is 11.5 Å². The van der Waals surface area contributed by atoms with Crippen molar-refractivity contribution in [3.63, 3.8) is 0 Å². The molecule has 2 fully saturated rings. The van der Waals surface area contributed by atoms with Crippen LogP contribution in [0.4, 0.5) is 26.3 Å². The molecule has 0 saturated heterocycles. The minimum atomic E-state index is -4.54. The maximum absolute atomic E-state index is 14.0. The Kier molecular flexibility index (Phi) is 20.3. The zero-order valence-electron chi connectivity index (χ0n) is 35.7. The molecule has 8 nitrogen and oxygen atoms in total. The summed E-state index contributed by atoms with van der Waals surface area (Å²) < 4.78 is 104. The van der Waals surface area contributed by atoms with Crippen LogP contribution in [0, 0.1) is 11.8 Å². The van der Waals surface area contributed by atoms with Crippen LogP contribution in [-0.4, -0.2) is 51.2 Å². The van der Waals surface area contributed by atoms with Gasteiger partial charge in [0.15, 0.2) is 6.29 Å². The van der Waals surface area contributed by atoms with E-state index in [1.165, 1.54) is 56.7 Å². The predicted octanol–water partition coefficient (Wildman–Crippen LogP) is 12.3. The number of nitrogens with two attached hydrogens (primary N) is 1. The third-order valence-corrected chi connectivity index (χ3v) is 11.3. The number of hydrogen-bond donors (Lipinski definition) is 1. The molecule has 0 bridgehead atoms. The number of benzene rings is 4. The highest BCUT2D eigenvalue weighted by molar-refractivity contribution is 6.00. The monoisotopic (exact) mass is 897 g/mol. The molecule has 62 heavy (non-hydrogen) atoms. The fourth-order valence-electron chi connectivity index (χ4n) is 7.83. The minimum Gasteiger partial charge on any atom is -0.490 e. The quantitative estimate of drug-likeness (QED) is 0.0647. The van der Waals surface area contributed by atoms with Crippen LogP contribution in [0.5, 0.6) is 11.5 Å². The summed E-state index contributed by atoms with van der Waals surface area (Å²) in [5.74, 6) is 0.465. The van der Waals surface area contributed by atoms with Crippen LogP contribution in [0.1, 0.15) is 118 Å². The lowest BCUT2D eigenvalue weighted by Crippen LogP contribution is -2.24. The second-order valence-electron chi connectivity index (χ2n) is 15.8. The van der Waals surface area contributed by atoms with Crippen molar-refractivity contribution in [3.05, 3.63) is 82.9 Å². The lowest BCUT2D eigenvalue weighted by Gasteiger charge is -2.28. The number of hydrogen-bond acceptors (Lipinski definition) is 8. The number of fused-ring (bicyclic) bond motifs is 2. The highest BCUT2D eigenvalue weighted by atomic mass is 35.5. The highest BCUT2D eigenvalue weighted by Crippen LogP contribution is 2.45. The summed E-state index contributed by atoms with van der Waals surface area (Å²) in [6, 6.07) is 15.5. The normalized spacial score (nSPS) is 18.8.